The Labute approximate surface area is 171 Å². The molecule has 29 heavy (non-hydrogen) atoms. The molecule has 0 saturated carbocycles. The van der Waals surface area contributed by atoms with Gasteiger partial charge in [-0.2, -0.15) is 0 Å². The molecule has 0 spiro atoms. The largest absolute Gasteiger partial charge is 0.395 e. The molecule has 5 nitrogen and oxygen atoms in total. The number of amides is 1. The van der Waals surface area contributed by atoms with Gasteiger partial charge in [0.1, 0.15) is 11.5 Å². The first-order valence-electron chi connectivity index (χ1n) is 9.43. The maximum absolute atomic E-state index is 12.6. The summed E-state index contributed by atoms with van der Waals surface area (Å²) in [7, 11) is 3.65. The van der Waals surface area contributed by atoms with Gasteiger partial charge in [0, 0.05) is 26.3 Å². The molecule has 148 valence electrons. The van der Waals surface area contributed by atoms with E-state index in [1.165, 1.54) is 0 Å². The highest BCUT2D eigenvalue weighted by molar-refractivity contribution is 6.18. The molecule has 0 radical (unpaired) electrons. The Kier molecular flexibility index (Phi) is 6.42. The Morgan fingerprint density at radius 3 is 2.52 bits per heavy atom. The molecule has 0 atom stereocenters. The fourth-order valence-electron chi connectivity index (χ4n) is 2.99. The van der Waals surface area contributed by atoms with Crippen molar-refractivity contribution in [2.45, 2.75) is 0 Å². The minimum Gasteiger partial charge on any atom is -0.395 e. The number of rotatable bonds is 7. The third-order valence-electron chi connectivity index (χ3n) is 4.75. The van der Waals surface area contributed by atoms with Gasteiger partial charge in [0.05, 0.1) is 6.61 Å². The number of aliphatic imine (C=N–C) groups is 1. The second-order valence-electron chi connectivity index (χ2n) is 6.81. The second-order valence-corrected chi connectivity index (χ2v) is 6.81. The zero-order valence-electron chi connectivity index (χ0n) is 16.7. The van der Waals surface area contributed by atoms with E-state index in [0.717, 1.165) is 22.4 Å². The Morgan fingerprint density at radius 2 is 1.83 bits per heavy atom. The number of benzene rings is 2. The fraction of sp³-hybridized carbons (Fsp3) is 0.167. The van der Waals surface area contributed by atoms with Crippen molar-refractivity contribution in [3.8, 4) is 0 Å². The number of nitrogens with zero attached hydrogens (tertiary/aromatic N) is 3. The molecule has 0 unspecified atom stereocenters. The number of carbonyl (C=O) groups is 1. The van der Waals surface area contributed by atoms with Crippen molar-refractivity contribution >= 4 is 35.7 Å². The SMILES string of the molecule is C=Cc1cccc(/C=C/C2=NC(=C\c3ccc(N(C)CCO)cc3)/C(=O)N2C)c1. The first-order valence-corrected chi connectivity index (χ1v) is 9.43. The molecule has 0 aliphatic carbocycles. The molecule has 5 heteroatoms. The number of hydrogen-bond acceptors (Lipinski definition) is 4. The Hall–Kier alpha value is -3.44. The number of likely N-dealkylation sites (N-methyl/N-ethyl adjacent to an activating group) is 2. The van der Waals surface area contributed by atoms with Crippen molar-refractivity contribution in [2.24, 2.45) is 4.99 Å². The summed E-state index contributed by atoms with van der Waals surface area (Å²) >= 11 is 0. The van der Waals surface area contributed by atoms with Crippen LogP contribution in [-0.4, -0.2) is 49.0 Å². The van der Waals surface area contributed by atoms with Gasteiger partial charge in [0.2, 0.25) is 0 Å². The second kappa shape index (κ2) is 9.17. The number of carbonyl (C=O) groups excluding carboxylic acids is 1. The molecular weight excluding hydrogens is 362 g/mol. The van der Waals surface area contributed by atoms with Gasteiger partial charge in [-0.1, -0.05) is 49.1 Å². The van der Waals surface area contributed by atoms with E-state index in [1.54, 1.807) is 24.1 Å². The molecular formula is C24H25N3O2. The first kappa shape index (κ1) is 20.3. The highest BCUT2D eigenvalue weighted by Crippen LogP contribution is 2.20. The standard InChI is InChI=1S/C24H25N3O2/c1-4-18-6-5-7-19(16-18)10-13-23-25-22(24(29)27(23)3)17-20-8-11-21(12-9-20)26(2)14-15-28/h4-13,16-17,28H,1,14-15H2,2-3H3/b13-10+,22-17-. The van der Waals surface area contributed by atoms with E-state index in [1.807, 2.05) is 72.6 Å². The minimum atomic E-state index is -0.133. The van der Waals surface area contributed by atoms with E-state index in [2.05, 4.69) is 11.6 Å². The zero-order valence-corrected chi connectivity index (χ0v) is 16.7. The van der Waals surface area contributed by atoms with E-state index in [9.17, 15) is 4.79 Å². The molecule has 1 aliphatic rings. The number of aliphatic hydroxyl groups is 1. The maximum atomic E-state index is 12.6. The zero-order chi connectivity index (χ0) is 20.8. The minimum absolute atomic E-state index is 0.103. The van der Waals surface area contributed by atoms with Crippen LogP contribution in [-0.2, 0) is 4.79 Å². The predicted octanol–water partition coefficient (Wildman–Crippen LogP) is 3.68. The predicted molar refractivity (Wildman–Crippen MR) is 121 cm³/mol. The van der Waals surface area contributed by atoms with Gasteiger partial charge >= 0.3 is 0 Å². The average molecular weight is 387 g/mol. The van der Waals surface area contributed by atoms with Crippen LogP contribution >= 0.6 is 0 Å². The van der Waals surface area contributed by atoms with Crippen molar-refractivity contribution in [3.63, 3.8) is 0 Å². The molecule has 2 aromatic rings. The molecule has 1 heterocycles. The van der Waals surface area contributed by atoms with E-state index in [-0.39, 0.29) is 12.5 Å². The van der Waals surface area contributed by atoms with Gasteiger partial charge < -0.3 is 10.0 Å². The van der Waals surface area contributed by atoms with Crippen molar-refractivity contribution in [1.29, 1.82) is 0 Å². The van der Waals surface area contributed by atoms with E-state index < -0.39 is 0 Å². The summed E-state index contributed by atoms with van der Waals surface area (Å²) in [6, 6.07) is 15.8. The van der Waals surface area contributed by atoms with Crippen LogP contribution in [0.3, 0.4) is 0 Å². The summed E-state index contributed by atoms with van der Waals surface area (Å²) in [4.78, 5) is 20.6. The van der Waals surface area contributed by atoms with Crippen molar-refractivity contribution in [3.05, 3.63) is 83.6 Å². The highest BCUT2D eigenvalue weighted by atomic mass is 16.3. The van der Waals surface area contributed by atoms with Crippen LogP contribution in [0.5, 0.6) is 0 Å². The normalized spacial score (nSPS) is 15.3. The van der Waals surface area contributed by atoms with Crippen LogP contribution in [0.25, 0.3) is 18.2 Å². The lowest BCUT2D eigenvalue weighted by Gasteiger charge is -2.17. The summed E-state index contributed by atoms with van der Waals surface area (Å²) < 4.78 is 0. The van der Waals surface area contributed by atoms with E-state index in [0.29, 0.717) is 18.1 Å². The topological polar surface area (TPSA) is 56.1 Å². The Balaban J connectivity index is 1.79. The summed E-state index contributed by atoms with van der Waals surface area (Å²) in [5.74, 6) is 0.468. The molecule has 0 fully saturated rings. The molecule has 0 saturated heterocycles. The van der Waals surface area contributed by atoms with Gasteiger partial charge in [0.15, 0.2) is 0 Å². The average Bonchev–Trinajstić information content (AvgIpc) is 3.01. The summed E-state index contributed by atoms with van der Waals surface area (Å²) in [6.45, 7) is 4.46. The van der Waals surface area contributed by atoms with Gasteiger partial charge in [-0.05, 0) is 47.0 Å². The van der Waals surface area contributed by atoms with E-state index >= 15 is 0 Å². The van der Waals surface area contributed by atoms with Gasteiger partial charge in [0.25, 0.3) is 5.91 Å². The summed E-state index contributed by atoms with van der Waals surface area (Å²) in [5.41, 5.74) is 4.37. The molecule has 3 rings (SSSR count). The van der Waals surface area contributed by atoms with Gasteiger partial charge in [-0.3, -0.25) is 9.69 Å². The molecule has 1 aliphatic heterocycles. The van der Waals surface area contributed by atoms with Crippen LogP contribution in [0, 0.1) is 0 Å². The van der Waals surface area contributed by atoms with Crippen molar-refractivity contribution in [2.75, 3.05) is 32.1 Å². The van der Waals surface area contributed by atoms with Crippen LogP contribution < -0.4 is 4.90 Å². The molecule has 1 amide bonds. The summed E-state index contributed by atoms with van der Waals surface area (Å²) in [6.07, 6.45) is 7.36. The summed E-state index contributed by atoms with van der Waals surface area (Å²) in [5, 5.41) is 9.05. The Morgan fingerprint density at radius 1 is 1.10 bits per heavy atom. The van der Waals surface area contributed by atoms with E-state index in [4.69, 9.17) is 5.11 Å². The lowest BCUT2D eigenvalue weighted by Crippen LogP contribution is -2.26. The maximum Gasteiger partial charge on any atom is 0.277 e. The number of hydrogen-bond donors (Lipinski definition) is 1. The van der Waals surface area contributed by atoms with Crippen molar-refractivity contribution in [1.82, 2.24) is 4.90 Å². The number of anilines is 1. The highest BCUT2D eigenvalue weighted by Gasteiger charge is 2.25. The number of aliphatic hydroxyl groups excluding tert-OH is 1. The molecule has 0 aromatic heterocycles. The quantitative estimate of drug-likeness (QED) is 0.738. The number of amidine groups is 1. The molecule has 2 aromatic carbocycles. The van der Waals surface area contributed by atoms with Gasteiger partial charge in [-0.25, -0.2) is 4.99 Å². The first-order chi connectivity index (χ1) is 14.0. The molecule has 1 N–H and O–H groups in total. The van der Waals surface area contributed by atoms with Crippen LogP contribution in [0.2, 0.25) is 0 Å². The third kappa shape index (κ3) is 4.89. The monoisotopic (exact) mass is 387 g/mol. The lowest BCUT2D eigenvalue weighted by atomic mass is 10.1. The van der Waals surface area contributed by atoms with Crippen LogP contribution in [0.1, 0.15) is 16.7 Å². The van der Waals surface area contributed by atoms with Crippen LogP contribution in [0.4, 0.5) is 5.69 Å². The van der Waals surface area contributed by atoms with Crippen LogP contribution in [0.15, 0.2) is 71.9 Å². The molecule has 0 bridgehead atoms. The third-order valence-corrected chi connectivity index (χ3v) is 4.75. The van der Waals surface area contributed by atoms with Crippen molar-refractivity contribution < 1.29 is 9.90 Å². The lowest BCUT2D eigenvalue weighted by molar-refractivity contribution is -0.121. The fourth-order valence-corrected chi connectivity index (χ4v) is 2.99. The smallest absolute Gasteiger partial charge is 0.277 e. The van der Waals surface area contributed by atoms with Gasteiger partial charge in [-0.15, -0.1) is 0 Å². The Bertz CT molecular complexity index is 987.